The van der Waals surface area contributed by atoms with Crippen molar-refractivity contribution in [2.24, 2.45) is 0 Å². The van der Waals surface area contributed by atoms with Crippen molar-refractivity contribution >= 4 is 29.2 Å². The molecule has 7 heteroatoms. The van der Waals surface area contributed by atoms with Crippen LogP contribution < -0.4 is 16.8 Å². The number of aromatic nitrogens is 3. The lowest BCUT2D eigenvalue weighted by Gasteiger charge is -2.03. The maximum absolute atomic E-state index is 5.45. The summed E-state index contributed by atoms with van der Waals surface area (Å²) in [5, 5.41) is 3.04. The van der Waals surface area contributed by atoms with Crippen molar-refractivity contribution in [1.29, 1.82) is 0 Å². The van der Waals surface area contributed by atoms with Gasteiger partial charge in [0, 0.05) is 9.75 Å². The van der Waals surface area contributed by atoms with Crippen molar-refractivity contribution in [2.75, 3.05) is 16.8 Å². The summed E-state index contributed by atoms with van der Waals surface area (Å²) >= 11 is 1.72. The minimum atomic E-state index is 0.123. The van der Waals surface area contributed by atoms with Gasteiger partial charge in [-0.3, -0.25) is 0 Å². The lowest BCUT2D eigenvalue weighted by Crippen LogP contribution is -2.08. The molecule has 6 nitrogen and oxygen atoms in total. The Bertz CT molecular complexity index is 474. The van der Waals surface area contributed by atoms with Crippen molar-refractivity contribution < 1.29 is 0 Å². The highest BCUT2D eigenvalue weighted by atomic mass is 32.1. The fraction of sp³-hybridized carbons (Fsp3) is 0.222. The van der Waals surface area contributed by atoms with Crippen LogP contribution in [-0.2, 0) is 6.54 Å². The second-order valence-electron chi connectivity index (χ2n) is 3.24. The van der Waals surface area contributed by atoms with Crippen LogP contribution in [0, 0.1) is 6.92 Å². The fourth-order valence-corrected chi connectivity index (χ4v) is 2.06. The Kier molecular flexibility index (Phi) is 2.86. The molecule has 2 aromatic heterocycles. The molecule has 2 rings (SSSR count). The molecule has 84 valence electrons. The number of hydrogen-bond acceptors (Lipinski definition) is 7. The molecular weight excluding hydrogens is 224 g/mol. The van der Waals surface area contributed by atoms with Gasteiger partial charge in [0.25, 0.3) is 0 Å². The third-order valence-corrected chi connectivity index (χ3v) is 2.89. The summed E-state index contributed by atoms with van der Waals surface area (Å²) in [6.45, 7) is 2.72. The molecule has 0 saturated heterocycles. The highest BCUT2D eigenvalue weighted by molar-refractivity contribution is 7.11. The standard InChI is InChI=1S/C9H12N6S/c1-5-2-3-6(16-5)4-12-9-14-7(10)13-8(11)15-9/h2-3H,4H2,1H3,(H5,10,11,12,13,14,15). The normalized spacial score (nSPS) is 10.3. The second kappa shape index (κ2) is 4.31. The van der Waals surface area contributed by atoms with Gasteiger partial charge in [0.2, 0.25) is 17.8 Å². The number of hydrogen-bond donors (Lipinski definition) is 3. The van der Waals surface area contributed by atoms with Gasteiger partial charge in [-0.1, -0.05) is 0 Å². The molecule has 0 aliphatic heterocycles. The molecule has 16 heavy (non-hydrogen) atoms. The van der Waals surface area contributed by atoms with Crippen molar-refractivity contribution in [2.45, 2.75) is 13.5 Å². The molecule has 0 fully saturated rings. The van der Waals surface area contributed by atoms with Gasteiger partial charge < -0.3 is 16.8 Å². The number of thiophene rings is 1. The molecule has 5 N–H and O–H groups in total. The highest BCUT2D eigenvalue weighted by Crippen LogP contribution is 2.16. The zero-order valence-electron chi connectivity index (χ0n) is 8.77. The largest absolute Gasteiger partial charge is 0.368 e. The lowest BCUT2D eigenvalue weighted by molar-refractivity contribution is 1.03. The Labute approximate surface area is 96.7 Å². The predicted molar refractivity (Wildman–Crippen MR) is 65.0 cm³/mol. The van der Waals surface area contributed by atoms with Crippen LogP contribution in [0.1, 0.15) is 9.75 Å². The van der Waals surface area contributed by atoms with Gasteiger partial charge in [0.1, 0.15) is 0 Å². The minimum absolute atomic E-state index is 0.123. The molecule has 0 bridgehead atoms. The molecule has 0 aliphatic carbocycles. The van der Waals surface area contributed by atoms with E-state index < -0.39 is 0 Å². The first kappa shape index (κ1) is 10.6. The topological polar surface area (TPSA) is 103 Å². The van der Waals surface area contributed by atoms with E-state index in [1.165, 1.54) is 9.75 Å². The Morgan fingerprint density at radius 1 is 1.19 bits per heavy atom. The van der Waals surface area contributed by atoms with Crippen molar-refractivity contribution in [3.05, 3.63) is 21.9 Å². The van der Waals surface area contributed by atoms with Crippen molar-refractivity contribution in [3.8, 4) is 0 Å². The summed E-state index contributed by atoms with van der Waals surface area (Å²) in [6.07, 6.45) is 0. The number of nitrogens with zero attached hydrogens (tertiary/aromatic N) is 3. The number of anilines is 3. The van der Waals surface area contributed by atoms with Crippen LogP contribution in [0.15, 0.2) is 12.1 Å². The summed E-state index contributed by atoms with van der Waals surface area (Å²) in [4.78, 5) is 14.0. The maximum atomic E-state index is 5.45. The quantitative estimate of drug-likeness (QED) is 0.735. The fourth-order valence-electron chi connectivity index (χ4n) is 1.23. The zero-order valence-corrected chi connectivity index (χ0v) is 9.58. The first-order chi connectivity index (χ1) is 7.63. The molecule has 0 amide bonds. The monoisotopic (exact) mass is 236 g/mol. The van der Waals surface area contributed by atoms with Crippen LogP contribution in [0.2, 0.25) is 0 Å². The molecule has 0 unspecified atom stereocenters. The maximum Gasteiger partial charge on any atom is 0.229 e. The Morgan fingerprint density at radius 3 is 2.44 bits per heavy atom. The summed E-state index contributed by atoms with van der Waals surface area (Å²) in [6, 6.07) is 4.12. The Balaban J connectivity index is 2.04. The number of aryl methyl sites for hydroxylation is 1. The molecule has 0 spiro atoms. The Hall–Kier alpha value is -1.89. The van der Waals surface area contributed by atoms with E-state index in [4.69, 9.17) is 11.5 Å². The average molecular weight is 236 g/mol. The Morgan fingerprint density at radius 2 is 1.88 bits per heavy atom. The summed E-state index contributed by atoms with van der Waals surface area (Å²) in [5.41, 5.74) is 10.9. The van der Waals surface area contributed by atoms with Crippen LogP contribution in [0.3, 0.4) is 0 Å². The first-order valence-electron chi connectivity index (χ1n) is 4.70. The number of rotatable bonds is 3. The van der Waals surface area contributed by atoms with Gasteiger partial charge in [-0.05, 0) is 19.1 Å². The molecule has 2 heterocycles. The van der Waals surface area contributed by atoms with Gasteiger partial charge in [-0.15, -0.1) is 11.3 Å². The second-order valence-corrected chi connectivity index (χ2v) is 4.61. The molecule has 0 aromatic carbocycles. The van der Waals surface area contributed by atoms with E-state index >= 15 is 0 Å². The van der Waals surface area contributed by atoms with Crippen LogP contribution in [-0.4, -0.2) is 15.0 Å². The third-order valence-electron chi connectivity index (χ3n) is 1.89. The number of nitrogens with one attached hydrogen (secondary N) is 1. The molecule has 2 aromatic rings. The molecular formula is C9H12N6S. The molecule has 0 aliphatic rings. The summed E-state index contributed by atoms with van der Waals surface area (Å²) < 4.78 is 0. The molecule has 0 radical (unpaired) electrons. The van der Waals surface area contributed by atoms with E-state index in [0.717, 1.165) is 0 Å². The van der Waals surface area contributed by atoms with E-state index in [0.29, 0.717) is 12.5 Å². The van der Waals surface area contributed by atoms with Gasteiger partial charge in [-0.2, -0.15) is 15.0 Å². The molecule has 0 atom stereocenters. The van der Waals surface area contributed by atoms with Crippen molar-refractivity contribution in [1.82, 2.24) is 15.0 Å². The van der Waals surface area contributed by atoms with E-state index in [1.807, 2.05) is 0 Å². The SMILES string of the molecule is Cc1ccc(CNc2nc(N)nc(N)n2)s1. The smallest absolute Gasteiger partial charge is 0.229 e. The van der Waals surface area contributed by atoms with Crippen molar-refractivity contribution in [3.63, 3.8) is 0 Å². The summed E-state index contributed by atoms with van der Waals surface area (Å²) in [7, 11) is 0. The van der Waals surface area contributed by atoms with Gasteiger partial charge in [0.15, 0.2) is 0 Å². The predicted octanol–water partition coefficient (Wildman–Crippen LogP) is 1.02. The average Bonchev–Trinajstić information content (AvgIpc) is 2.60. The number of nitrogen functional groups attached to an aromatic ring is 2. The van der Waals surface area contributed by atoms with Crippen LogP contribution in [0.5, 0.6) is 0 Å². The van der Waals surface area contributed by atoms with E-state index in [1.54, 1.807) is 11.3 Å². The van der Waals surface area contributed by atoms with Gasteiger partial charge in [-0.25, -0.2) is 0 Å². The van der Waals surface area contributed by atoms with Gasteiger partial charge >= 0.3 is 0 Å². The molecule has 0 saturated carbocycles. The van der Waals surface area contributed by atoms with E-state index in [-0.39, 0.29) is 11.9 Å². The minimum Gasteiger partial charge on any atom is -0.368 e. The van der Waals surface area contributed by atoms with Crippen LogP contribution >= 0.6 is 11.3 Å². The summed E-state index contributed by atoms with van der Waals surface area (Å²) in [5.74, 6) is 0.644. The lowest BCUT2D eigenvalue weighted by atomic mass is 10.4. The highest BCUT2D eigenvalue weighted by Gasteiger charge is 2.02. The van der Waals surface area contributed by atoms with E-state index in [9.17, 15) is 0 Å². The first-order valence-corrected chi connectivity index (χ1v) is 5.51. The number of nitrogens with two attached hydrogens (primary N) is 2. The third kappa shape index (κ3) is 2.57. The zero-order chi connectivity index (χ0) is 11.5. The van der Waals surface area contributed by atoms with Crippen LogP contribution in [0.25, 0.3) is 0 Å². The van der Waals surface area contributed by atoms with Crippen LogP contribution in [0.4, 0.5) is 17.8 Å². The van der Waals surface area contributed by atoms with Gasteiger partial charge in [0.05, 0.1) is 6.54 Å². The van der Waals surface area contributed by atoms with E-state index in [2.05, 4.69) is 39.3 Å².